The predicted molar refractivity (Wildman–Crippen MR) is 98.8 cm³/mol. The summed E-state index contributed by atoms with van der Waals surface area (Å²) < 4.78 is 7.24. The Kier molecular flexibility index (Phi) is 5.35. The van der Waals surface area contributed by atoms with Crippen LogP contribution in [0.4, 0.5) is 5.69 Å². The van der Waals surface area contributed by atoms with Crippen LogP contribution in [-0.2, 0) is 11.8 Å². The minimum Gasteiger partial charge on any atom is -0.496 e. The highest BCUT2D eigenvalue weighted by Crippen LogP contribution is 2.29. The lowest BCUT2D eigenvalue weighted by Crippen LogP contribution is -2.14. The zero-order valence-corrected chi connectivity index (χ0v) is 14.8. The SMILES string of the molecule is COc1ccccc1-c1nnc(SCC(=O)Nc2ccccc2)n1C. The number of nitrogens with zero attached hydrogens (tertiary/aromatic N) is 3. The molecule has 0 unspecified atom stereocenters. The number of carbonyl (C=O) groups is 1. The van der Waals surface area contributed by atoms with Crippen molar-refractivity contribution < 1.29 is 9.53 Å². The fourth-order valence-electron chi connectivity index (χ4n) is 2.35. The van der Waals surface area contributed by atoms with Gasteiger partial charge in [-0.2, -0.15) is 0 Å². The molecule has 0 bridgehead atoms. The summed E-state index contributed by atoms with van der Waals surface area (Å²) in [5, 5.41) is 11.9. The molecule has 2 aromatic carbocycles. The lowest BCUT2D eigenvalue weighted by atomic mass is 10.2. The van der Waals surface area contributed by atoms with Crippen LogP contribution in [-0.4, -0.2) is 33.5 Å². The standard InChI is InChI=1S/C18H18N4O2S/c1-22-17(14-10-6-7-11-15(14)24-2)20-21-18(22)25-12-16(23)19-13-8-4-3-5-9-13/h3-11H,12H2,1-2H3,(H,19,23). The van der Waals surface area contributed by atoms with Crippen LogP contribution in [0.5, 0.6) is 5.75 Å². The maximum absolute atomic E-state index is 12.1. The van der Waals surface area contributed by atoms with Gasteiger partial charge in [0.1, 0.15) is 5.75 Å². The van der Waals surface area contributed by atoms with E-state index in [1.807, 2.05) is 66.2 Å². The zero-order valence-electron chi connectivity index (χ0n) is 14.0. The molecule has 0 aliphatic rings. The third-order valence-corrected chi connectivity index (χ3v) is 4.59. The summed E-state index contributed by atoms with van der Waals surface area (Å²) in [5.74, 6) is 1.60. The fourth-order valence-corrected chi connectivity index (χ4v) is 3.06. The number of anilines is 1. The lowest BCUT2D eigenvalue weighted by Gasteiger charge is -2.08. The van der Waals surface area contributed by atoms with Crippen molar-refractivity contribution in [2.45, 2.75) is 5.16 Å². The molecule has 0 saturated carbocycles. The molecule has 0 radical (unpaired) electrons. The number of hydrogen-bond donors (Lipinski definition) is 1. The smallest absolute Gasteiger partial charge is 0.234 e. The summed E-state index contributed by atoms with van der Waals surface area (Å²) >= 11 is 1.34. The first-order valence-corrected chi connectivity index (χ1v) is 8.68. The molecule has 0 spiro atoms. The maximum atomic E-state index is 12.1. The third-order valence-electron chi connectivity index (χ3n) is 3.57. The number of aromatic nitrogens is 3. The Morgan fingerprint density at radius 1 is 1.12 bits per heavy atom. The number of thioether (sulfide) groups is 1. The van der Waals surface area contributed by atoms with Crippen molar-refractivity contribution in [3.63, 3.8) is 0 Å². The molecule has 3 aromatic rings. The summed E-state index contributed by atoms with van der Waals surface area (Å²) in [7, 11) is 3.50. The molecular weight excluding hydrogens is 336 g/mol. The first-order chi connectivity index (χ1) is 12.2. The molecule has 7 heteroatoms. The molecule has 0 aliphatic heterocycles. The van der Waals surface area contributed by atoms with Crippen molar-refractivity contribution in [2.75, 3.05) is 18.2 Å². The molecular formula is C18H18N4O2S. The Morgan fingerprint density at radius 3 is 2.60 bits per heavy atom. The normalized spacial score (nSPS) is 10.5. The van der Waals surface area contributed by atoms with Gasteiger partial charge in [0.15, 0.2) is 11.0 Å². The molecule has 128 valence electrons. The highest BCUT2D eigenvalue weighted by molar-refractivity contribution is 7.99. The summed E-state index contributed by atoms with van der Waals surface area (Å²) in [4.78, 5) is 12.1. The van der Waals surface area contributed by atoms with Crippen LogP contribution in [0.1, 0.15) is 0 Å². The van der Waals surface area contributed by atoms with E-state index in [-0.39, 0.29) is 11.7 Å². The predicted octanol–water partition coefficient (Wildman–Crippen LogP) is 3.22. The molecule has 0 fully saturated rings. The Morgan fingerprint density at radius 2 is 1.84 bits per heavy atom. The molecule has 0 atom stereocenters. The summed E-state index contributed by atoms with van der Waals surface area (Å²) in [6, 6.07) is 17.0. The topological polar surface area (TPSA) is 69.0 Å². The van der Waals surface area contributed by atoms with E-state index in [0.29, 0.717) is 11.0 Å². The van der Waals surface area contributed by atoms with Gasteiger partial charge in [0, 0.05) is 12.7 Å². The summed E-state index contributed by atoms with van der Waals surface area (Å²) in [6.45, 7) is 0. The van der Waals surface area contributed by atoms with E-state index in [9.17, 15) is 4.79 Å². The molecule has 0 saturated heterocycles. The van der Waals surface area contributed by atoms with Gasteiger partial charge in [-0.15, -0.1) is 10.2 Å². The van der Waals surface area contributed by atoms with Crippen LogP contribution in [0.2, 0.25) is 0 Å². The number of ether oxygens (including phenoxy) is 1. The van der Waals surface area contributed by atoms with Crippen molar-refractivity contribution in [1.82, 2.24) is 14.8 Å². The average Bonchev–Trinajstić information content (AvgIpc) is 3.01. The van der Waals surface area contributed by atoms with E-state index < -0.39 is 0 Å². The fraction of sp³-hybridized carbons (Fsp3) is 0.167. The van der Waals surface area contributed by atoms with E-state index in [4.69, 9.17) is 4.74 Å². The van der Waals surface area contributed by atoms with Crippen molar-refractivity contribution in [3.05, 3.63) is 54.6 Å². The summed E-state index contributed by atoms with van der Waals surface area (Å²) in [5.41, 5.74) is 1.64. The molecule has 1 amide bonds. The monoisotopic (exact) mass is 354 g/mol. The Balaban J connectivity index is 1.68. The van der Waals surface area contributed by atoms with Crippen LogP contribution in [0.15, 0.2) is 59.8 Å². The second-order valence-electron chi connectivity index (χ2n) is 5.27. The number of para-hydroxylation sites is 2. The molecule has 1 N–H and O–H groups in total. The number of benzene rings is 2. The first kappa shape index (κ1) is 17.0. The quantitative estimate of drug-likeness (QED) is 0.688. The maximum Gasteiger partial charge on any atom is 0.234 e. The van der Waals surface area contributed by atoms with Gasteiger partial charge in [-0.05, 0) is 24.3 Å². The summed E-state index contributed by atoms with van der Waals surface area (Å²) in [6.07, 6.45) is 0. The molecule has 6 nitrogen and oxygen atoms in total. The number of carbonyl (C=O) groups excluding carboxylic acids is 1. The van der Waals surface area contributed by atoms with E-state index in [2.05, 4.69) is 15.5 Å². The molecule has 25 heavy (non-hydrogen) atoms. The number of rotatable bonds is 6. The number of hydrogen-bond acceptors (Lipinski definition) is 5. The van der Waals surface area contributed by atoms with E-state index in [1.54, 1.807) is 7.11 Å². The van der Waals surface area contributed by atoms with Crippen molar-refractivity contribution in [1.29, 1.82) is 0 Å². The van der Waals surface area contributed by atoms with Gasteiger partial charge < -0.3 is 14.6 Å². The van der Waals surface area contributed by atoms with Gasteiger partial charge in [-0.1, -0.05) is 42.1 Å². The minimum atomic E-state index is -0.0851. The van der Waals surface area contributed by atoms with Crippen molar-refractivity contribution in [3.8, 4) is 17.1 Å². The second-order valence-corrected chi connectivity index (χ2v) is 6.21. The van der Waals surface area contributed by atoms with E-state index >= 15 is 0 Å². The molecule has 3 rings (SSSR count). The van der Waals surface area contributed by atoms with Gasteiger partial charge in [-0.25, -0.2) is 0 Å². The van der Waals surface area contributed by atoms with E-state index in [0.717, 1.165) is 17.0 Å². The van der Waals surface area contributed by atoms with Crippen LogP contribution in [0, 0.1) is 0 Å². The van der Waals surface area contributed by atoms with Crippen LogP contribution < -0.4 is 10.1 Å². The molecule has 1 aromatic heterocycles. The van der Waals surface area contributed by atoms with Gasteiger partial charge in [0.05, 0.1) is 18.4 Å². The highest BCUT2D eigenvalue weighted by Gasteiger charge is 2.15. The van der Waals surface area contributed by atoms with Crippen LogP contribution in [0.3, 0.4) is 0 Å². The molecule has 0 aliphatic carbocycles. The van der Waals surface area contributed by atoms with Crippen molar-refractivity contribution >= 4 is 23.4 Å². The highest BCUT2D eigenvalue weighted by atomic mass is 32.2. The zero-order chi connectivity index (χ0) is 17.6. The van der Waals surface area contributed by atoms with Gasteiger partial charge in [-0.3, -0.25) is 4.79 Å². The lowest BCUT2D eigenvalue weighted by molar-refractivity contribution is -0.113. The molecule has 1 heterocycles. The van der Waals surface area contributed by atoms with Gasteiger partial charge in [0.2, 0.25) is 5.91 Å². The average molecular weight is 354 g/mol. The largest absolute Gasteiger partial charge is 0.496 e. The van der Waals surface area contributed by atoms with Crippen LogP contribution >= 0.6 is 11.8 Å². The first-order valence-electron chi connectivity index (χ1n) is 7.69. The van der Waals surface area contributed by atoms with Gasteiger partial charge in [0.25, 0.3) is 0 Å². The third kappa shape index (κ3) is 4.00. The van der Waals surface area contributed by atoms with Gasteiger partial charge >= 0.3 is 0 Å². The van der Waals surface area contributed by atoms with E-state index in [1.165, 1.54) is 11.8 Å². The second kappa shape index (κ2) is 7.85. The number of nitrogens with one attached hydrogen (secondary N) is 1. The Bertz CT molecular complexity index is 865. The Hall–Kier alpha value is -2.80. The minimum absolute atomic E-state index is 0.0851. The van der Waals surface area contributed by atoms with Crippen LogP contribution in [0.25, 0.3) is 11.4 Å². The van der Waals surface area contributed by atoms with Crippen molar-refractivity contribution in [2.24, 2.45) is 7.05 Å². The number of methoxy groups -OCH3 is 1. The number of amides is 1. The Labute approximate surface area is 150 Å².